The third-order valence-electron chi connectivity index (χ3n) is 4.82. The van der Waals surface area contributed by atoms with Gasteiger partial charge in [0.05, 0.1) is 12.5 Å². The molecule has 0 aromatic carbocycles. The van der Waals surface area contributed by atoms with E-state index in [9.17, 15) is 9.59 Å². The Hall–Kier alpha value is -1.10. The fraction of sp³-hybridized carbons (Fsp3) is 0.867. The van der Waals surface area contributed by atoms with Crippen LogP contribution in [0, 0.1) is 11.8 Å². The van der Waals surface area contributed by atoms with Crippen molar-refractivity contribution in [1.29, 1.82) is 0 Å². The summed E-state index contributed by atoms with van der Waals surface area (Å²) in [5.41, 5.74) is 0. The maximum Gasteiger partial charge on any atom is 0.306 e. The average molecular weight is 282 g/mol. The summed E-state index contributed by atoms with van der Waals surface area (Å²) in [6, 6.07) is 0.462. The van der Waals surface area contributed by atoms with E-state index in [1.54, 1.807) is 4.90 Å². The molecule has 1 aliphatic heterocycles. The van der Waals surface area contributed by atoms with E-state index in [4.69, 9.17) is 5.11 Å². The summed E-state index contributed by atoms with van der Waals surface area (Å²) in [6.45, 7) is 3.81. The Morgan fingerprint density at radius 1 is 1.15 bits per heavy atom. The first-order chi connectivity index (χ1) is 9.58. The van der Waals surface area contributed by atoms with Crippen LogP contribution < -0.4 is 5.32 Å². The Labute approximate surface area is 120 Å². The van der Waals surface area contributed by atoms with Crippen molar-refractivity contribution in [2.75, 3.05) is 19.6 Å². The van der Waals surface area contributed by atoms with Crippen LogP contribution in [0.25, 0.3) is 0 Å². The molecule has 1 amide bonds. The van der Waals surface area contributed by atoms with E-state index in [0.717, 1.165) is 6.42 Å². The first-order valence-corrected chi connectivity index (χ1v) is 7.82. The molecule has 2 fully saturated rings. The molecule has 1 saturated heterocycles. The van der Waals surface area contributed by atoms with Gasteiger partial charge in [-0.3, -0.25) is 9.59 Å². The monoisotopic (exact) mass is 282 g/mol. The van der Waals surface area contributed by atoms with Crippen LogP contribution in [0.3, 0.4) is 0 Å². The zero-order valence-corrected chi connectivity index (χ0v) is 12.3. The molecule has 0 spiro atoms. The Kier molecular flexibility index (Phi) is 5.40. The maximum absolute atomic E-state index is 12.1. The lowest BCUT2D eigenvalue weighted by Crippen LogP contribution is -2.47. The number of carboxylic acid groups (broad SMARTS) is 1. The van der Waals surface area contributed by atoms with Crippen LogP contribution in [0.4, 0.5) is 0 Å². The number of likely N-dealkylation sites (tertiary alicyclic amines) is 1. The third-order valence-corrected chi connectivity index (χ3v) is 4.82. The molecule has 2 rings (SSSR count). The standard InChI is InChI=1S/C15H26N2O3/c1-11-4-2-3-5-13(11)16-10-14(18)17-8-6-12(7-9-17)15(19)20/h11-13,16H,2-10H2,1H3,(H,19,20). The number of aliphatic carboxylic acids is 1. The summed E-state index contributed by atoms with van der Waals surface area (Å²) in [6.07, 6.45) is 6.13. The van der Waals surface area contributed by atoms with Crippen molar-refractivity contribution in [1.82, 2.24) is 10.2 Å². The van der Waals surface area contributed by atoms with Crippen molar-refractivity contribution in [2.45, 2.75) is 51.5 Å². The molecule has 2 N–H and O–H groups in total. The van der Waals surface area contributed by atoms with Crippen LogP contribution in [0.2, 0.25) is 0 Å². The minimum atomic E-state index is -0.730. The predicted octanol–water partition coefficient (Wildman–Crippen LogP) is 1.48. The van der Waals surface area contributed by atoms with Gasteiger partial charge in [0, 0.05) is 19.1 Å². The molecule has 0 radical (unpaired) electrons. The summed E-state index contributed by atoms with van der Waals surface area (Å²) in [5, 5.41) is 12.3. The number of hydrogen-bond donors (Lipinski definition) is 2. The second-order valence-corrected chi connectivity index (χ2v) is 6.24. The summed E-state index contributed by atoms with van der Waals surface area (Å²) < 4.78 is 0. The summed E-state index contributed by atoms with van der Waals surface area (Å²) in [7, 11) is 0. The van der Waals surface area contributed by atoms with E-state index in [0.29, 0.717) is 44.4 Å². The van der Waals surface area contributed by atoms with Crippen LogP contribution in [0.15, 0.2) is 0 Å². The first kappa shape index (κ1) is 15.3. The van der Waals surface area contributed by atoms with Crippen LogP contribution in [-0.2, 0) is 9.59 Å². The van der Waals surface area contributed by atoms with Gasteiger partial charge in [0.25, 0.3) is 0 Å². The largest absolute Gasteiger partial charge is 0.481 e. The van der Waals surface area contributed by atoms with Crippen molar-refractivity contribution in [2.24, 2.45) is 11.8 Å². The molecule has 2 unspecified atom stereocenters. The fourth-order valence-electron chi connectivity index (χ4n) is 3.33. The minimum absolute atomic E-state index is 0.117. The SMILES string of the molecule is CC1CCCCC1NCC(=O)N1CCC(C(=O)O)CC1. The van der Waals surface area contributed by atoms with E-state index in [-0.39, 0.29) is 11.8 Å². The predicted molar refractivity (Wildman–Crippen MR) is 76.4 cm³/mol. The quantitative estimate of drug-likeness (QED) is 0.819. The fourth-order valence-corrected chi connectivity index (χ4v) is 3.33. The normalized spacial score (nSPS) is 28.4. The van der Waals surface area contributed by atoms with Crippen molar-refractivity contribution in [3.8, 4) is 0 Å². The summed E-state index contributed by atoms with van der Waals surface area (Å²) in [4.78, 5) is 24.8. The zero-order chi connectivity index (χ0) is 14.5. The number of rotatable bonds is 4. The highest BCUT2D eigenvalue weighted by molar-refractivity contribution is 5.79. The first-order valence-electron chi connectivity index (χ1n) is 7.82. The Morgan fingerprint density at radius 3 is 2.40 bits per heavy atom. The number of nitrogens with one attached hydrogen (secondary N) is 1. The Balaban J connectivity index is 1.71. The summed E-state index contributed by atoms with van der Waals surface area (Å²) >= 11 is 0. The molecule has 0 aromatic rings. The smallest absolute Gasteiger partial charge is 0.306 e. The van der Waals surface area contributed by atoms with Gasteiger partial charge in [-0.2, -0.15) is 0 Å². The molecule has 0 bridgehead atoms. The number of carboxylic acids is 1. The molecule has 2 atom stereocenters. The molecule has 5 heteroatoms. The molecule has 1 saturated carbocycles. The van der Waals surface area contributed by atoms with E-state index < -0.39 is 5.97 Å². The minimum Gasteiger partial charge on any atom is -0.481 e. The molecule has 1 aliphatic carbocycles. The van der Waals surface area contributed by atoms with Crippen LogP contribution >= 0.6 is 0 Å². The molecular weight excluding hydrogens is 256 g/mol. The zero-order valence-electron chi connectivity index (χ0n) is 12.3. The Bertz CT molecular complexity index is 351. The number of nitrogens with zero attached hydrogens (tertiary/aromatic N) is 1. The lowest BCUT2D eigenvalue weighted by atomic mass is 9.86. The van der Waals surface area contributed by atoms with Crippen molar-refractivity contribution in [3.05, 3.63) is 0 Å². The molecule has 114 valence electrons. The molecular formula is C15H26N2O3. The van der Waals surface area contributed by atoms with Crippen molar-refractivity contribution >= 4 is 11.9 Å². The Morgan fingerprint density at radius 2 is 1.80 bits per heavy atom. The van der Waals surface area contributed by atoms with Gasteiger partial charge in [-0.15, -0.1) is 0 Å². The van der Waals surface area contributed by atoms with Gasteiger partial charge < -0.3 is 15.3 Å². The molecule has 2 aliphatic rings. The highest BCUT2D eigenvalue weighted by Gasteiger charge is 2.27. The molecule has 0 aromatic heterocycles. The van der Waals surface area contributed by atoms with Crippen LogP contribution in [-0.4, -0.2) is 47.6 Å². The highest BCUT2D eigenvalue weighted by atomic mass is 16.4. The average Bonchev–Trinajstić information content (AvgIpc) is 2.46. The van der Waals surface area contributed by atoms with Gasteiger partial charge >= 0.3 is 5.97 Å². The van der Waals surface area contributed by atoms with Crippen LogP contribution in [0.1, 0.15) is 45.4 Å². The second-order valence-electron chi connectivity index (χ2n) is 6.24. The van der Waals surface area contributed by atoms with Gasteiger partial charge in [0.1, 0.15) is 0 Å². The van der Waals surface area contributed by atoms with E-state index in [1.165, 1.54) is 19.3 Å². The van der Waals surface area contributed by atoms with Gasteiger partial charge in [-0.05, 0) is 31.6 Å². The van der Waals surface area contributed by atoms with E-state index in [1.807, 2.05) is 0 Å². The number of carbonyl (C=O) groups is 2. The number of carbonyl (C=O) groups excluding carboxylic acids is 1. The second kappa shape index (κ2) is 7.07. The number of hydrogen-bond acceptors (Lipinski definition) is 3. The molecule has 1 heterocycles. The van der Waals surface area contributed by atoms with E-state index in [2.05, 4.69) is 12.2 Å². The lowest BCUT2D eigenvalue weighted by molar-refractivity contribution is -0.145. The topological polar surface area (TPSA) is 69.6 Å². The van der Waals surface area contributed by atoms with Crippen molar-refractivity contribution in [3.63, 3.8) is 0 Å². The number of piperidine rings is 1. The molecule has 5 nitrogen and oxygen atoms in total. The van der Waals surface area contributed by atoms with E-state index >= 15 is 0 Å². The van der Waals surface area contributed by atoms with Gasteiger partial charge in [0.15, 0.2) is 0 Å². The van der Waals surface area contributed by atoms with Crippen molar-refractivity contribution < 1.29 is 14.7 Å². The van der Waals surface area contributed by atoms with Crippen LogP contribution in [0.5, 0.6) is 0 Å². The number of amides is 1. The van der Waals surface area contributed by atoms with Gasteiger partial charge in [0.2, 0.25) is 5.91 Å². The maximum atomic E-state index is 12.1. The highest BCUT2D eigenvalue weighted by Crippen LogP contribution is 2.23. The third kappa shape index (κ3) is 3.95. The lowest BCUT2D eigenvalue weighted by Gasteiger charge is -2.33. The van der Waals surface area contributed by atoms with Gasteiger partial charge in [-0.25, -0.2) is 0 Å². The summed E-state index contributed by atoms with van der Waals surface area (Å²) in [5.74, 6) is -0.238. The molecule has 20 heavy (non-hydrogen) atoms. The van der Waals surface area contributed by atoms with Gasteiger partial charge in [-0.1, -0.05) is 19.8 Å².